The van der Waals surface area contributed by atoms with E-state index in [0.29, 0.717) is 23.1 Å². The topological polar surface area (TPSA) is 98.8 Å². The molecule has 2 amide bonds. The second-order valence-corrected chi connectivity index (χ2v) is 7.40. The summed E-state index contributed by atoms with van der Waals surface area (Å²) in [7, 11) is 1.42. The molecule has 2 aromatic carbocycles. The van der Waals surface area contributed by atoms with Gasteiger partial charge in [0.25, 0.3) is 11.8 Å². The molecule has 2 N–H and O–H groups in total. The number of hydrogen-bond donors (Lipinski definition) is 2. The molecule has 4 rings (SSSR count). The van der Waals surface area contributed by atoms with Crippen molar-refractivity contribution >= 4 is 23.4 Å². The summed E-state index contributed by atoms with van der Waals surface area (Å²) in [4.78, 5) is 29.5. The third-order valence-corrected chi connectivity index (χ3v) is 5.01. The van der Waals surface area contributed by atoms with E-state index in [-0.39, 0.29) is 36.4 Å². The number of methoxy groups -OCH3 is 1. The molecular weight excluding hydrogens is 434 g/mol. The molecule has 0 spiro atoms. The van der Waals surface area contributed by atoms with Crippen molar-refractivity contribution in [3.63, 3.8) is 0 Å². The SMILES string of the molecule is COc1cc(C(=O)NCc2ccc(Cl)cc2)cc(C(=O)NCc2ccc3c(c2)OCO3)n1. The van der Waals surface area contributed by atoms with Gasteiger partial charge in [0.2, 0.25) is 12.7 Å². The van der Waals surface area contributed by atoms with Crippen LogP contribution in [-0.4, -0.2) is 30.7 Å². The highest BCUT2D eigenvalue weighted by Crippen LogP contribution is 2.32. The fourth-order valence-corrected chi connectivity index (χ4v) is 3.19. The lowest BCUT2D eigenvalue weighted by Gasteiger charge is -2.10. The Morgan fingerprint density at radius 2 is 1.62 bits per heavy atom. The Hall–Kier alpha value is -3.78. The number of amides is 2. The number of benzene rings is 2. The molecule has 2 heterocycles. The maximum absolute atomic E-state index is 12.7. The van der Waals surface area contributed by atoms with Crippen LogP contribution in [0.1, 0.15) is 32.0 Å². The predicted molar refractivity (Wildman–Crippen MR) is 117 cm³/mol. The minimum Gasteiger partial charge on any atom is -0.481 e. The van der Waals surface area contributed by atoms with Crippen molar-refractivity contribution in [3.8, 4) is 17.4 Å². The van der Waals surface area contributed by atoms with Crippen LogP contribution in [-0.2, 0) is 13.1 Å². The molecule has 3 aromatic rings. The number of aromatic nitrogens is 1. The standard InChI is InChI=1S/C23H20ClN3O5/c1-30-21-10-16(22(28)25-11-14-2-5-17(24)6-3-14)9-18(27-21)23(29)26-12-15-4-7-19-20(8-15)32-13-31-19/h2-10H,11-13H2,1H3,(H,25,28)(H,26,29). The van der Waals surface area contributed by atoms with E-state index < -0.39 is 5.91 Å². The van der Waals surface area contributed by atoms with Gasteiger partial charge in [-0.15, -0.1) is 0 Å². The minimum absolute atomic E-state index is 0.0711. The molecule has 0 bridgehead atoms. The van der Waals surface area contributed by atoms with E-state index in [9.17, 15) is 9.59 Å². The third-order valence-electron chi connectivity index (χ3n) is 4.76. The van der Waals surface area contributed by atoms with Gasteiger partial charge in [-0.3, -0.25) is 9.59 Å². The molecule has 0 unspecified atom stereocenters. The summed E-state index contributed by atoms with van der Waals surface area (Å²) in [5.74, 6) is 0.677. The van der Waals surface area contributed by atoms with Crippen LogP contribution in [0.3, 0.4) is 0 Å². The Balaban J connectivity index is 1.42. The lowest BCUT2D eigenvalue weighted by Crippen LogP contribution is -2.26. The molecular formula is C23H20ClN3O5. The molecule has 1 aliphatic heterocycles. The second kappa shape index (κ2) is 9.57. The second-order valence-electron chi connectivity index (χ2n) is 6.96. The molecule has 1 aromatic heterocycles. The molecule has 0 saturated carbocycles. The molecule has 0 fully saturated rings. The molecule has 0 radical (unpaired) electrons. The summed E-state index contributed by atoms with van der Waals surface area (Å²) in [6, 6.07) is 15.5. The van der Waals surface area contributed by atoms with Gasteiger partial charge in [0.1, 0.15) is 5.69 Å². The fraction of sp³-hybridized carbons (Fsp3) is 0.174. The lowest BCUT2D eigenvalue weighted by atomic mass is 10.1. The molecule has 8 nitrogen and oxygen atoms in total. The van der Waals surface area contributed by atoms with Crippen molar-refractivity contribution in [1.29, 1.82) is 0 Å². The summed E-state index contributed by atoms with van der Waals surface area (Å²) in [6.45, 7) is 0.750. The number of nitrogens with one attached hydrogen (secondary N) is 2. The van der Waals surface area contributed by atoms with Crippen molar-refractivity contribution in [2.75, 3.05) is 13.9 Å². The Morgan fingerprint density at radius 3 is 2.41 bits per heavy atom. The minimum atomic E-state index is -0.437. The highest BCUT2D eigenvalue weighted by Gasteiger charge is 2.17. The van der Waals surface area contributed by atoms with Crippen molar-refractivity contribution in [2.45, 2.75) is 13.1 Å². The van der Waals surface area contributed by atoms with E-state index in [1.54, 1.807) is 24.3 Å². The van der Waals surface area contributed by atoms with Crippen LogP contribution in [0, 0.1) is 0 Å². The summed E-state index contributed by atoms with van der Waals surface area (Å²) in [5.41, 5.74) is 2.07. The first-order chi connectivity index (χ1) is 15.5. The molecule has 1 aliphatic rings. The van der Waals surface area contributed by atoms with Gasteiger partial charge in [0, 0.05) is 29.7 Å². The summed E-state index contributed by atoms with van der Waals surface area (Å²) in [6.07, 6.45) is 0. The number of ether oxygens (including phenoxy) is 3. The van der Waals surface area contributed by atoms with Crippen LogP contribution in [0.4, 0.5) is 0 Å². The quantitative estimate of drug-likeness (QED) is 0.569. The summed E-state index contributed by atoms with van der Waals surface area (Å²) < 4.78 is 15.8. The van der Waals surface area contributed by atoms with E-state index in [0.717, 1.165) is 11.1 Å². The highest BCUT2D eigenvalue weighted by atomic mass is 35.5. The number of fused-ring (bicyclic) bond motifs is 1. The lowest BCUT2D eigenvalue weighted by molar-refractivity contribution is 0.0944. The van der Waals surface area contributed by atoms with E-state index in [1.807, 2.05) is 18.2 Å². The van der Waals surface area contributed by atoms with Gasteiger partial charge in [-0.2, -0.15) is 0 Å². The molecule has 0 atom stereocenters. The van der Waals surface area contributed by atoms with Gasteiger partial charge in [-0.1, -0.05) is 29.8 Å². The van der Waals surface area contributed by atoms with Crippen molar-refractivity contribution in [2.24, 2.45) is 0 Å². The van der Waals surface area contributed by atoms with Crippen molar-refractivity contribution < 1.29 is 23.8 Å². The molecule has 32 heavy (non-hydrogen) atoms. The monoisotopic (exact) mass is 453 g/mol. The van der Waals surface area contributed by atoms with E-state index in [1.165, 1.54) is 19.2 Å². The number of carbonyl (C=O) groups excluding carboxylic acids is 2. The van der Waals surface area contributed by atoms with Crippen LogP contribution in [0.25, 0.3) is 0 Å². The van der Waals surface area contributed by atoms with Gasteiger partial charge >= 0.3 is 0 Å². The fourth-order valence-electron chi connectivity index (χ4n) is 3.07. The van der Waals surface area contributed by atoms with Gasteiger partial charge < -0.3 is 24.8 Å². The van der Waals surface area contributed by atoms with Crippen molar-refractivity contribution in [1.82, 2.24) is 15.6 Å². The Kier molecular flexibility index (Phi) is 6.42. The number of nitrogens with zero attached hydrogens (tertiary/aromatic N) is 1. The number of halogens is 1. The van der Waals surface area contributed by atoms with Crippen LogP contribution < -0.4 is 24.8 Å². The Morgan fingerprint density at radius 1 is 0.938 bits per heavy atom. The zero-order chi connectivity index (χ0) is 22.5. The zero-order valence-electron chi connectivity index (χ0n) is 17.2. The van der Waals surface area contributed by atoms with Crippen LogP contribution in [0.15, 0.2) is 54.6 Å². The maximum atomic E-state index is 12.7. The maximum Gasteiger partial charge on any atom is 0.270 e. The average molecular weight is 454 g/mol. The number of hydrogen-bond acceptors (Lipinski definition) is 6. The van der Waals surface area contributed by atoms with Crippen LogP contribution >= 0.6 is 11.6 Å². The van der Waals surface area contributed by atoms with Crippen LogP contribution in [0.2, 0.25) is 5.02 Å². The first kappa shape index (κ1) is 21.5. The summed E-state index contributed by atoms with van der Waals surface area (Å²) in [5, 5.41) is 6.22. The first-order valence-corrected chi connectivity index (χ1v) is 10.1. The van der Waals surface area contributed by atoms with Crippen LogP contribution in [0.5, 0.6) is 17.4 Å². The molecule has 164 valence electrons. The van der Waals surface area contributed by atoms with Crippen molar-refractivity contribution in [3.05, 3.63) is 82.0 Å². The predicted octanol–water partition coefficient (Wildman–Crippen LogP) is 3.33. The van der Waals surface area contributed by atoms with E-state index in [4.69, 9.17) is 25.8 Å². The van der Waals surface area contributed by atoms with E-state index in [2.05, 4.69) is 15.6 Å². The number of rotatable bonds is 7. The van der Waals surface area contributed by atoms with Gasteiger partial charge in [-0.05, 0) is 41.5 Å². The Bertz CT molecular complexity index is 1150. The molecule has 0 saturated heterocycles. The third kappa shape index (κ3) is 5.09. The number of carbonyl (C=O) groups is 2. The summed E-state index contributed by atoms with van der Waals surface area (Å²) >= 11 is 5.88. The van der Waals surface area contributed by atoms with Gasteiger partial charge in [0.15, 0.2) is 11.5 Å². The molecule has 9 heteroatoms. The van der Waals surface area contributed by atoms with Gasteiger partial charge in [0.05, 0.1) is 7.11 Å². The first-order valence-electron chi connectivity index (χ1n) is 9.77. The normalized spacial score (nSPS) is 11.7. The average Bonchev–Trinajstić information content (AvgIpc) is 3.29. The van der Waals surface area contributed by atoms with E-state index >= 15 is 0 Å². The van der Waals surface area contributed by atoms with Gasteiger partial charge in [-0.25, -0.2) is 4.98 Å². The largest absolute Gasteiger partial charge is 0.481 e. The molecule has 0 aliphatic carbocycles. The number of pyridine rings is 1. The Labute approximate surface area is 189 Å². The smallest absolute Gasteiger partial charge is 0.270 e. The zero-order valence-corrected chi connectivity index (χ0v) is 17.9. The highest BCUT2D eigenvalue weighted by molar-refractivity contribution is 6.30.